The van der Waals surface area contributed by atoms with E-state index in [1.54, 1.807) is 4.98 Å². The standard InChI is InChI=1S/C3HCl2N3O3.CH4.Na/c4-7-1(9)6-2(10)8(5)3(7)11;;/h(H,6,9,10);1H4;/q;;+1. The molecule has 0 atom stereocenters. The Bertz CT molecular complexity index is 410. The molecule has 0 aliphatic heterocycles. The molecule has 1 heterocycles. The number of halogens is 2. The Balaban J connectivity index is 0. The van der Waals surface area contributed by atoms with Crippen molar-refractivity contribution in [3.63, 3.8) is 0 Å². The van der Waals surface area contributed by atoms with Gasteiger partial charge in [0.2, 0.25) is 0 Å². The third kappa shape index (κ3) is 2.99. The molecule has 0 radical (unpaired) electrons. The van der Waals surface area contributed by atoms with E-state index in [0.29, 0.717) is 0 Å². The van der Waals surface area contributed by atoms with Crippen molar-refractivity contribution in [3.05, 3.63) is 31.5 Å². The molecule has 1 aromatic rings. The maximum absolute atomic E-state index is 10.7. The first kappa shape index (κ1) is 15.5. The maximum Gasteiger partial charge on any atom is 1.00 e. The topological polar surface area (TPSA) is 76.9 Å². The molecule has 0 aromatic carbocycles. The molecule has 0 aliphatic carbocycles. The molecular weight excluding hydrogens is 232 g/mol. The predicted octanol–water partition coefficient (Wildman–Crippen LogP) is -3.66. The minimum absolute atomic E-state index is 0. The van der Waals surface area contributed by atoms with E-state index >= 15 is 0 Å². The Morgan fingerprint density at radius 1 is 1.00 bits per heavy atom. The van der Waals surface area contributed by atoms with E-state index in [4.69, 9.17) is 23.6 Å². The SMILES string of the molecule is C.O=c1[nH]c(=O)n(Cl)c(=O)n1Cl.[Na+]. The molecule has 0 aliphatic rings. The van der Waals surface area contributed by atoms with Gasteiger partial charge in [-0.25, -0.2) is 14.4 Å². The molecule has 0 bridgehead atoms. The number of hydrogen-bond donors (Lipinski definition) is 1. The Labute approximate surface area is 105 Å². The second-order valence-electron chi connectivity index (χ2n) is 1.58. The van der Waals surface area contributed by atoms with Gasteiger partial charge >= 0.3 is 46.6 Å². The minimum Gasteiger partial charge on any atom is -0.257 e. The number of nitrogens with one attached hydrogen (secondary N) is 1. The molecule has 0 fully saturated rings. The summed E-state index contributed by atoms with van der Waals surface area (Å²) in [6, 6.07) is 0. The molecule has 0 spiro atoms. The normalized spacial score (nSPS) is 8.46. The van der Waals surface area contributed by atoms with Crippen molar-refractivity contribution in [3.8, 4) is 0 Å². The second kappa shape index (κ2) is 5.66. The minimum atomic E-state index is -1.10. The van der Waals surface area contributed by atoms with Gasteiger partial charge in [-0.05, 0) is 0 Å². The van der Waals surface area contributed by atoms with Gasteiger partial charge in [0.1, 0.15) is 0 Å². The van der Waals surface area contributed by atoms with Gasteiger partial charge in [0.25, 0.3) is 0 Å². The smallest absolute Gasteiger partial charge is 0.257 e. The van der Waals surface area contributed by atoms with Gasteiger partial charge in [0, 0.05) is 23.6 Å². The zero-order valence-corrected chi connectivity index (χ0v) is 9.39. The molecule has 1 N–H and O–H groups in total. The van der Waals surface area contributed by atoms with E-state index in [0.717, 1.165) is 0 Å². The van der Waals surface area contributed by atoms with Gasteiger partial charge in [0.15, 0.2) is 0 Å². The average molecular weight is 237 g/mol. The van der Waals surface area contributed by atoms with Gasteiger partial charge in [-0.2, -0.15) is 0 Å². The summed E-state index contributed by atoms with van der Waals surface area (Å²) in [6.45, 7) is 0. The van der Waals surface area contributed by atoms with E-state index in [1.807, 2.05) is 0 Å². The molecule has 0 amide bonds. The summed E-state index contributed by atoms with van der Waals surface area (Å²) in [5, 5.41) is 0. The maximum atomic E-state index is 10.7. The summed E-state index contributed by atoms with van der Waals surface area (Å²) in [6.07, 6.45) is 0. The van der Waals surface area contributed by atoms with E-state index in [2.05, 4.69) is 0 Å². The Kier molecular flexibility index (Phi) is 6.74. The fourth-order valence-corrected chi connectivity index (χ4v) is 0.715. The first-order valence-corrected chi connectivity index (χ1v) is 3.02. The van der Waals surface area contributed by atoms with E-state index < -0.39 is 17.1 Å². The van der Waals surface area contributed by atoms with Crippen molar-refractivity contribution in [1.82, 2.24) is 13.2 Å². The van der Waals surface area contributed by atoms with Crippen molar-refractivity contribution >= 4 is 23.6 Å². The van der Waals surface area contributed by atoms with E-state index in [-0.39, 0.29) is 45.2 Å². The van der Waals surface area contributed by atoms with E-state index in [9.17, 15) is 14.4 Å². The zero-order valence-electron chi connectivity index (χ0n) is 5.88. The van der Waals surface area contributed by atoms with Crippen LogP contribution in [0.3, 0.4) is 0 Å². The summed E-state index contributed by atoms with van der Waals surface area (Å²) in [5.41, 5.74) is -3.13. The molecule has 13 heavy (non-hydrogen) atoms. The third-order valence-electron chi connectivity index (χ3n) is 0.906. The summed E-state index contributed by atoms with van der Waals surface area (Å²) < 4.78 is 0.322. The number of H-pyrrole nitrogens is 1. The van der Waals surface area contributed by atoms with Crippen molar-refractivity contribution < 1.29 is 29.6 Å². The van der Waals surface area contributed by atoms with Crippen LogP contribution in [0.5, 0.6) is 0 Å². The molecule has 68 valence electrons. The van der Waals surface area contributed by atoms with Crippen LogP contribution in [-0.4, -0.2) is 13.2 Å². The van der Waals surface area contributed by atoms with Gasteiger partial charge < -0.3 is 0 Å². The molecule has 1 aromatic heterocycles. The largest absolute Gasteiger partial charge is 1.00 e. The summed E-state index contributed by atoms with van der Waals surface area (Å²) in [4.78, 5) is 33.4. The Morgan fingerprint density at radius 3 is 1.62 bits per heavy atom. The van der Waals surface area contributed by atoms with Crippen LogP contribution in [0.25, 0.3) is 0 Å². The number of aromatic nitrogens is 3. The number of hydrogen-bond acceptors (Lipinski definition) is 3. The van der Waals surface area contributed by atoms with Crippen LogP contribution in [0, 0.1) is 0 Å². The molecular formula is C4H5Cl2N3NaO3+. The quantitative estimate of drug-likeness (QED) is 0.472. The van der Waals surface area contributed by atoms with Crippen molar-refractivity contribution in [1.29, 1.82) is 0 Å². The van der Waals surface area contributed by atoms with Crippen molar-refractivity contribution in [2.45, 2.75) is 7.43 Å². The monoisotopic (exact) mass is 236 g/mol. The van der Waals surface area contributed by atoms with Gasteiger partial charge in [-0.15, -0.1) is 8.17 Å². The average Bonchev–Trinajstić information content (AvgIpc) is 1.97. The molecule has 9 heteroatoms. The first-order valence-electron chi connectivity index (χ1n) is 2.34. The third-order valence-corrected chi connectivity index (χ3v) is 1.50. The fourth-order valence-electron chi connectivity index (χ4n) is 0.440. The number of nitrogens with zero attached hydrogens (tertiary/aromatic N) is 2. The van der Waals surface area contributed by atoms with Crippen LogP contribution in [0.2, 0.25) is 0 Å². The van der Waals surface area contributed by atoms with Crippen LogP contribution >= 0.6 is 23.6 Å². The number of aromatic amines is 1. The van der Waals surface area contributed by atoms with Gasteiger partial charge in [0.05, 0.1) is 0 Å². The Hall–Kier alpha value is -0.0100. The van der Waals surface area contributed by atoms with Gasteiger partial charge in [-0.1, -0.05) is 7.43 Å². The summed E-state index contributed by atoms with van der Waals surface area (Å²) in [5.74, 6) is 0. The summed E-state index contributed by atoms with van der Waals surface area (Å²) >= 11 is 10.1. The fraction of sp³-hybridized carbons (Fsp3) is 0.250. The van der Waals surface area contributed by atoms with Crippen molar-refractivity contribution in [2.75, 3.05) is 0 Å². The van der Waals surface area contributed by atoms with E-state index in [1.165, 1.54) is 0 Å². The van der Waals surface area contributed by atoms with Crippen LogP contribution in [0.15, 0.2) is 14.4 Å². The molecule has 0 unspecified atom stereocenters. The zero-order chi connectivity index (χ0) is 8.59. The van der Waals surface area contributed by atoms with Crippen LogP contribution in [0.1, 0.15) is 7.43 Å². The molecule has 6 nitrogen and oxygen atoms in total. The molecule has 1 rings (SSSR count). The van der Waals surface area contributed by atoms with Crippen molar-refractivity contribution in [2.24, 2.45) is 0 Å². The van der Waals surface area contributed by atoms with Gasteiger partial charge in [-0.3, -0.25) is 4.98 Å². The van der Waals surface area contributed by atoms with Crippen LogP contribution in [0.4, 0.5) is 0 Å². The first-order chi connectivity index (χ1) is 5.04. The number of rotatable bonds is 0. The molecule has 0 saturated heterocycles. The van der Waals surface area contributed by atoms with Crippen LogP contribution in [-0.2, 0) is 0 Å². The van der Waals surface area contributed by atoms with Crippen LogP contribution < -0.4 is 46.6 Å². The Morgan fingerprint density at radius 2 is 1.31 bits per heavy atom. The second-order valence-corrected chi connectivity index (χ2v) is 2.26. The summed E-state index contributed by atoms with van der Waals surface area (Å²) in [7, 11) is 0. The predicted molar refractivity (Wildman–Crippen MR) is 44.8 cm³/mol. The molecule has 0 saturated carbocycles.